The number of hydrogen-bond donors (Lipinski definition) is 0. The van der Waals surface area contributed by atoms with Crippen LogP contribution in [-0.4, -0.2) is 19.9 Å². The monoisotopic (exact) mass is 1660 g/mol. The zero-order valence-electron chi connectivity index (χ0n) is 73.9. The van der Waals surface area contributed by atoms with Gasteiger partial charge in [0.2, 0.25) is 0 Å². The van der Waals surface area contributed by atoms with Crippen molar-refractivity contribution in [2.45, 2.75) is 77.0 Å². The van der Waals surface area contributed by atoms with Gasteiger partial charge in [-0.1, -0.05) is 383 Å². The lowest BCUT2D eigenvalue weighted by atomic mass is 9.81. The van der Waals surface area contributed by atoms with E-state index in [1.54, 1.807) is 0 Å². The smallest absolute Gasteiger partial charge is 0.0794 e. The first-order chi connectivity index (χ1) is 63.5. The topological polar surface area (TPSA) is 51.6 Å². The zero-order valence-corrected chi connectivity index (χ0v) is 73.9. The maximum absolute atomic E-state index is 5.66. The van der Waals surface area contributed by atoms with Crippen molar-refractivity contribution in [3.05, 3.63) is 445 Å². The molecule has 0 fully saturated rings. The summed E-state index contributed by atoms with van der Waals surface area (Å²) in [6.45, 7) is 18.9. The van der Waals surface area contributed by atoms with E-state index in [4.69, 9.17) is 19.9 Å². The maximum Gasteiger partial charge on any atom is 0.0794 e. The van der Waals surface area contributed by atoms with Gasteiger partial charge in [0.25, 0.3) is 0 Å². The molecule has 4 aromatic heterocycles. The highest BCUT2D eigenvalue weighted by Gasteiger charge is 2.40. The lowest BCUT2D eigenvalue weighted by Crippen LogP contribution is -2.15. The van der Waals surface area contributed by atoms with Crippen molar-refractivity contribution in [3.8, 4) is 145 Å². The van der Waals surface area contributed by atoms with E-state index in [2.05, 4.69) is 456 Å². The first-order valence-electron chi connectivity index (χ1n) is 45.6. The van der Waals surface area contributed by atoms with Gasteiger partial charge in [-0.05, 0) is 234 Å². The summed E-state index contributed by atoms with van der Waals surface area (Å²) >= 11 is 0. The summed E-state index contributed by atoms with van der Waals surface area (Å²) in [5.41, 5.74) is 46.6. The minimum Gasteiger partial charge on any atom is -0.248 e. The summed E-state index contributed by atoms with van der Waals surface area (Å²) in [6, 6.07) is 148. The van der Waals surface area contributed by atoms with Crippen molar-refractivity contribution >= 4 is 76.1 Å². The maximum atomic E-state index is 5.66. The van der Waals surface area contributed by atoms with Crippen LogP contribution in [0.15, 0.2) is 400 Å². The molecular formula is C126H90N4. The van der Waals surface area contributed by atoms with Crippen molar-refractivity contribution in [3.63, 3.8) is 0 Å². The van der Waals surface area contributed by atoms with E-state index in [-0.39, 0.29) is 21.7 Å². The fraction of sp³-hybridized carbons (Fsp3) is 0.0952. The molecule has 0 bridgehead atoms. The molecule has 4 nitrogen and oxygen atoms in total. The number of fused-ring (bicyclic) bond motifs is 21. The summed E-state index contributed by atoms with van der Waals surface area (Å²) in [5, 5.41) is 10.4. The van der Waals surface area contributed by atoms with E-state index >= 15 is 0 Å². The molecule has 22 aromatic rings. The van der Waals surface area contributed by atoms with Crippen molar-refractivity contribution < 1.29 is 0 Å². The number of aromatic nitrogens is 4. The Morgan fingerprint density at radius 2 is 0.408 bits per heavy atom. The van der Waals surface area contributed by atoms with Crippen LogP contribution < -0.4 is 0 Å². The molecule has 0 spiro atoms. The van der Waals surface area contributed by atoms with E-state index in [0.717, 1.165) is 105 Å². The Hall–Kier alpha value is -15.6. The molecule has 4 heteroatoms. The highest BCUT2D eigenvalue weighted by Crippen LogP contribution is 2.57. The number of hydrogen-bond acceptors (Lipinski definition) is 4. The van der Waals surface area contributed by atoms with Crippen LogP contribution in [0, 0.1) is 0 Å². The average Bonchev–Trinajstić information content (AvgIpc) is 1.44. The fourth-order valence-electron chi connectivity index (χ4n) is 22.8. The molecule has 130 heavy (non-hydrogen) atoms. The Morgan fingerprint density at radius 3 is 0.808 bits per heavy atom. The highest BCUT2D eigenvalue weighted by molar-refractivity contribution is 6.19. The van der Waals surface area contributed by atoms with E-state index in [9.17, 15) is 0 Å². The minimum absolute atomic E-state index is 0.114. The standard InChI is InChI=1S/C64H46N2.C62H44N2/c1-63(2)55-23-13-10-19-45(55)47-32-30-42(34-57(47)63)53-38-61(43-31-33-48-46-20-11-14-24-56(46)64(3,4)58(48)35-43)66-62-50-22-9-8-18-44(50)51(36-54(53)62)40-26-28-41(29-27-40)60-37-52(39-16-6-5-7-17-39)49-21-12-15-25-59(49)65-60;1-61(2)52-21-11-7-16-42(52)44-31-29-39(33-54(44)61)50-36-58(40-30-32-45-43-17-8-12-22-53(43)62(3,4)55(45)34-40)64-60-46-18-6-5-15-41(46)49(35-51(50)60)37-25-27-38(28-26-37)59-47-19-9-13-23-56(47)63-57-24-14-10-20-48(57)59/h5-38H,1-4H3;5-36H,1-4H3. The summed E-state index contributed by atoms with van der Waals surface area (Å²) < 4.78 is 0. The lowest BCUT2D eigenvalue weighted by Gasteiger charge is -2.23. The molecule has 0 N–H and O–H groups in total. The van der Waals surface area contributed by atoms with Gasteiger partial charge >= 0.3 is 0 Å². The molecule has 614 valence electrons. The lowest BCUT2D eigenvalue weighted by molar-refractivity contribution is 0.660. The summed E-state index contributed by atoms with van der Waals surface area (Å²) in [7, 11) is 0. The molecule has 0 saturated heterocycles. The SMILES string of the molecule is CC1(C)c2ccccc2-c2ccc(-c3cc(-c4ccc5c(c4)C(C)(C)c4ccccc4-5)c4cc(-c5ccc(-c6c7ccccc7nc7ccccc67)cc5)c5ccccc5c4n3)cc21.CC1(C)c2ccccc2-c2ccc(-c3cc(-c4ccc5c(c4)C(C)(C)c4ccccc4-5)c4cc(-c5ccc(-c6cc(-c7ccccc7)c7ccccc7n6)cc5)c5ccccc5c4n3)cc21. The fourth-order valence-corrected chi connectivity index (χ4v) is 22.8. The van der Waals surface area contributed by atoms with Crippen LogP contribution >= 0.6 is 0 Å². The molecule has 0 amide bonds. The van der Waals surface area contributed by atoms with Gasteiger partial charge in [-0.2, -0.15) is 0 Å². The molecule has 0 aliphatic heterocycles. The minimum atomic E-state index is -0.129. The first kappa shape index (κ1) is 76.8. The van der Waals surface area contributed by atoms with Crippen LogP contribution in [-0.2, 0) is 21.7 Å². The Kier molecular flexibility index (Phi) is 17.1. The molecule has 4 aliphatic rings. The van der Waals surface area contributed by atoms with E-state index in [1.165, 1.54) is 161 Å². The molecule has 0 radical (unpaired) electrons. The molecule has 0 saturated carbocycles. The Morgan fingerprint density at radius 1 is 0.146 bits per heavy atom. The second kappa shape index (κ2) is 29.0. The third-order valence-electron chi connectivity index (χ3n) is 29.6. The molecule has 4 aliphatic carbocycles. The number of pyridine rings is 4. The first-order valence-corrected chi connectivity index (χ1v) is 45.6. The largest absolute Gasteiger partial charge is 0.248 e. The molecule has 0 atom stereocenters. The molecular weight excluding hydrogens is 1570 g/mol. The zero-order chi connectivity index (χ0) is 87.2. The average molecular weight is 1660 g/mol. The second-order valence-corrected chi connectivity index (χ2v) is 38.2. The predicted octanol–water partition coefficient (Wildman–Crippen LogP) is 33.3. The predicted molar refractivity (Wildman–Crippen MR) is 546 cm³/mol. The second-order valence-electron chi connectivity index (χ2n) is 38.2. The normalized spacial score (nSPS) is 14.1. The van der Waals surface area contributed by atoms with E-state index in [0.29, 0.717) is 0 Å². The van der Waals surface area contributed by atoms with Gasteiger partial charge < -0.3 is 0 Å². The van der Waals surface area contributed by atoms with Crippen LogP contribution in [0.2, 0.25) is 0 Å². The van der Waals surface area contributed by atoms with Crippen LogP contribution in [0.25, 0.3) is 221 Å². The van der Waals surface area contributed by atoms with Gasteiger partial charge in [-0.15, -0.1) is 0 Å². The van der Waals surface area contributed by atoms with Crippen molar-refractivity contribution in [2.24, 2.45) is 0 Å². The Labute approximate surface area is 757 Å². The molecule has 4 heterocycles. The number of para-hydroxylation sites is 3. The van der Waals surface area contributed by atoms with Crippen LogP contribution in [0.1, 0.15) is 99.9 Å². The van der Waals surface area contributed by atoms with Crippen LogP contribution in [0.3, 0.4) is 0 Å². The molecule has 0 unspecified atom stereocenters. The van der Waals surface area contributed by atoms with E-state index in [1.807, 2.05) is 0 Å². The summed E-state index contributed by atoms with van der Waals surface area (Å²) in [6.07, 6.45) is 0. The number of nitrogens with zero attached hydrogens (tertiary/aromatic N) is 4. The quantitative estimate of drug-likeness (QED) is 0.107. The Bertz CT molecular complexity index is 8520. The van der Waals surface area contributed by atoms with Gasteiger partial charge in [-0.3, -0.25) is 0 Å². The van der Waals surface area contributed by atoms with E-state index < -0.39 is 0 Å². The van der Waals surface area contributed by atoms with Gasteiger partial charge in [0.15, 0.2) is 0 Å². The number of rotatable bonds is 9. The molecule has 18 aromatic carbocycles. The summed E-state index contributed by atoms with van der Waals surface area (Å²) in [5.74, 6) is 0. The molecule has 26 rings (SSSR count). The van der Waals surface area contributed by atoms with Gasteiger partial charge in [0, 0.05) is 81.6 Å². The summed E-state index contributed by atoms with van der Waals surface area (Å²) in [4.78, 5) is 21.5. The van der Waals surface area contributed by atoms with Gasteiger partial charge in [-0.25, -0.2) is 19.9 Å². The van der Waals surface area contributed by atoms with Crippen molar-refractivity contribution in [1.29, 1.82) is 0 Å². The van der Waals surface area contributed by atoms with Gasteiger partial charge in [0.05, 0.1) is 44.7 Å². The van der Waals surface area contributed by atoms with Crippen molar-refractivity contribution in [2.75, 3.05) is 0 Å². The van der Waals surface area contributed by atoms with Crippen LogP contribution in [0.4, 0.5) is 0 Å². The highest BCUT2D eigenvalue weighted by atomic mass is 14.7. The van der Waals surface area contributed by atoms with Crippen molar-refractivity contribution in [1.82, 2.24) is 19.9 Å². The number of benzene rings is 18. The van der Waals surface area contributed by atoms with Gasteiger partial charge in [0.1, 0.15) is 0 Å². The third kappa shape index (κ3) is 11.8. The third-order valence-corrected chi connectivity index (χ3v) is 29.6. The van der Waals surface area contributed by atoms with Crippen LogP contribution in [0.5, 0.6) is 0 Å². The Balaban J connectivity index is 0.000000140.